The third-order valence-corrected chi connectivity index (χ3v) is 2.54. The number of aliphatic hydroxyl groups is 1. The Morgan fingerprint density at radius 2 is 2.29 bits per heavy atom. The summed E-state index contributed by atoms with van der Waals surface area (Å²) >= 11 is 0. The van der Waals surface area contributed by atoms with Gasteiger partial charge in [0.1, 0.15) is 5.75 Å². The minimum absolute atomic E-state index is 0.404. The molecule has 0 fully saturated rings. The summed E-state index contributed by atoms with van der Waals surface area (Å²) in [5.74, 6) is 0.687. The van der Waals surface area contributed by atoms with E-state index in [1.54, 1.807) is 7.11 Å². The van der Waals surface area contributed by atoms with Crippen molar-refractivity contribution in [1.29, 1.82) is 0 Å². The minimum Gasteiger partial charge on any atom is -0.496 e. The van der Waals surface area contributed by atoms with Crippen LogP contribution in [-0.2, 0) is 0 Å². The maximum absolute atomic E-state index is 10.0. The number of azide groups is 1. The fraction of sp³-hybridized carbons (Fsp3) is 0.500. The summed E-state index contributed by atoms with van der Waals surface area (Å²) in [6.07, 6.45) is 0.625. The van der Waals surface area contributed by atoms with E-state index in [4.69, 9.17) is 10.3 Å². The van der Waals surface area contributed by atoms with Gasteiger partial charge in [-0.15, -0.1) is 0 Å². The van der Waals surface area contributed by atoms with E-state index in [0.29, 0.717) is 25.1 Å². The average molecular weight is 235 g/mol. The number of methoxy groups -OCH3 is 1. The van der Waals surface area contributed by atoms with Crippen molar-refractivity contribution in [3.05, 3.63) is 39.8 Å². The first-order valence-electron chi connectivity index (χ1n) is 5.52. The normalized spacial score (nSPS) is 11.7. The van der Waals surface area contributed by atoms with Crippen LogP contribution in [0, 0.1) is 6.92 Å². The third kappa shape index (κ3) is 3.98. The second-order valence-corrected chi connectivity index (χ2v) is 3.86. The highest BCUT2D eigenvalue weighted by atomic mass is 16.5. The van der Waals surface area contributed by atoms with E-state index in [9.17, 15) is 5.11 Å². The maximum Gasteiger partial charge on any atom is 0.124 e. The van der Waals surface area contributed by atoms with Crippen LogP contribution in [0.4, 0.5) is 0 Å². The smallest absolute Gasteiger partial charge is 0.124 e. The number of benzene rings is 1. The Morgan fingerprint density at radius 1 is 1.53 bits per heavy atom. The van der Waals surface area contributed by atoms with Gasteiger partial charge in [0.25, 0.3) is 0 Å². The molecule has 1 atom stereocenters. The van der Waals surface area contributed by atoms with E-state index in [1.807, 2.05) is 25.1 Å². The molecule has 1 rings (SSSR count). The van der Waals surface area contributed by atoms with Crippen LogP contribution in [0.25, 0.3) is 10.4 Å². The van der Waals surface area contributed by atoms with E-state index < -0.39 is 6.10 Å². The quantitative estimate of drug-likeness (QED) is 0.356. The van der Waals surface area contributed by atoms with Gasteiger partial charge in [-0.25, -0.2) is 0 Å². The summed E-state index contributed by atoms with van der Waals surface area (Å²) in [7, 11) is 1.58. The van der Waals surface area contributed by atoms with Gasteiger partial charge in [0.05, 0.1) is 13.2 Å². The van der Waals surface area contributed by atoms with E-state index in [1.165, 1.54) is 0 Å². The van der Waals surface area contributed by atoms with Gasteiger partial charge in [-0.05, 0) is 37.4 Å². The molecule has 1 aromatic carbocycles. The Hall–Kier alpha value is -1.71. The molecule has 5 heteroatoms. The zero-order chi connectivity index (χ0) is 12.7. The predicted molar refractivity (Wildman–Crippen MR) is 65.9 cm³/mol. The predicted octanol–water partition coefficient (Wildman–Crippen LogP) is 3.13. The van der Waals surface area contributed by atoms with Crippen molar-refractivity contribution in [2.45, 2.75) is 25.9 Å². The molecule has 92 valence electrons. The summed E-state index contributed by atoms with van der Waals surface area (Å²) in [6.45, 7) is 2.37. The summed E-state index contributed by atoms with van der Waals surface area (Å²) in [6, 6.07) is 5.70. The van der Waals surface area contributed by atoms with Crippen LogP contribution < -0.4 is 4.74 Å². The first-order valence-corrected chi connectivity index (χ1v) is 5.52. The van der Waals surface area contributed by atoms with E-state index in [-0.39, 0.29) is 0 Å². The van der Waals surface area contributed by atoms with Crippen LogP contribution in [0.1, 0.15) is 30.1 Å². The number of hydrogen-bond acceptors (Lipinski definition) is 3. The van der Waals surface area contributed by atoms with Gasteiger partial charge in [0, 0.05) is 17.0 Å². The molecule has 0 aliphatic heterocycles. The fourth-order valence-electron chi connectivity index (χ4n) is 1.67. The second kappa shape index (κ2) is 6.78. The molecule has 1 unspecified atom stereocenters. The van der Waals surface area contributed by atoms with Crippen LogP contribution in [0.5, 0.6) is 5.75 Å². The molecule has 0 aromatic heterocycles. The number of aryl methyl sites for hydroxylation is 1. The molecule has 0 saturated carbocycles. The molecular formula is C12H17N3O2. The topological polar surface area (TPSA) is 78.2 Å². The van der Waals surface area contributed by atoms with Crippen molar-refractivity contribution < 1.29 is 9.84 Å². The fourth-order valence-corrected chi connectivity index (χ4v) is 1.67. The second-order valence-electron chi connectivity index (χ2n) is 3.86. The maximum atomic E-state index is 10.0. The SMILES string of the molecule is COc1ccc(C)cc1C(O)CCCN=[N+]=[N-]. The van der Waals surface area contributed by atoms with Crippen LogP contribution >= 0.6 is 0 Å². The molecule has 0 spiro atoms. The molecule has 1 aromatic rings. The van der Waals surface area contributed by atoms with Crippen molar-refractivity contribution in [1.82, 2.24) is 0 Å². The van der Waals surface area contributed by atoms with Gasteiger partial charge in [-0.1, -0.05) is 16.7 Å². The molecular weight excluding hydrogens is 218 g/mol. The molecule has 0 amide bonds. The van der Waals surface area contributed by atoms with Crippen LogP contribution in [0.2, 0.25) is 0 Å². The molecule has 5 nitrogen and oxygen atoms in total. The number of aliphatic hydroxyl groups excluding tert-OH is 1. The van der Waals surface area contributed by atoms with Crippen molar-refractivity contribution >= 4 is 0 Å². The molecule has 0 aliphatic carbocycles. The highest BCUT2D eigenvalue weighted by molar-refractivity contribution is 5.38. The number of rotatable bonds is 6. The third-order valence-electron chi connectivity index (χ3n) is 2.54. The molecule has 0 radical (unpaired) electrons. The molecule has 1 N–H and O–H groups in total. The summed E-state index contributed by atoms with van der Waals surface area (Å²) in [4.78, 5) is 2.67. The number of nitrogens with zero attached hydrogens (tertiary/aromatic N) is 3. The molecule has 0 bridgehead atoms. The minimum atomic E-state index is -0.584. The Balaban J connectivity index is 2.69. The summed E-state index contributed by atoms with van der Waals surface area (Å²) < 4.78 is 5.21. The van der Waals surface area contributed by atoms with Gasteiger partial charge < -0.3 is 9.84 Å². The molecule has 0 heterocycles. The summed E-state index contributed by atoms with van der Waals surface area (Å²) in [5.41, 5.74) is 10.0. The number of hydrogen-bond donors (Lipinski definition) is 1. The zero-order valence-electron chi connectivity index (χ0n) is 10.1. The largest absolute Gasteiger partial charge is 0.496 e. The van der Waals surface area contributed by atoms with Gasteiger partial charge in [0.2, 0.25) is 0 Å². The lowest BCUT2D eigenvalue weighted by Gasteiger charge is -2.15. The van der Waals surface area contributed by atoms with Crippen LogP contribution in [-0.4, -0.2) is 18.8 Å². The van der Waals surface area contributed by atoms with E-state index in [2.05, 4.69) is 10.0 Å². The van der Waals surface area contributed by atoms with Crippen LogP contribution in [0.3, 0.4) is 0 Å². The van der Waals surface area contributed by atoms with Crippen molar-refractivity contribution in [2.75, 3.05) is 13.7 Å². The average Bonchev–Trinajstić information content (AvgIpc) is 2.34. The molecule has 0 saturated heterocycles. The van der Waals surface area contributed by atoms with E-state index in [0.717, 1.165) is 11.1 Å². The Kier molecular flexibility index (Phi) is 5.33. The lowest BCUT2D eigenvalue weighted by Crippen LogP contribution is -2.02. The first kappa shape index (κ1) is 13.4. The number of ether oxygens (including phenoxy) is 1. The van der Waals surface area contributed by atoms with Gasteiger partial charge in [-0.3, -0.25) is 0 Å². The first-order chi connectivity index (χ1) is 8.19. The van der Waals surface area contributed by atoms with E-state index >= 15 is 0 Å². The van der Waals surface area contributed by atoms with Gasteiger partial charge >= 0.3 is 0 Å². The standard InChI is InChI=1S/C12H17N3O2/c1-9-5-6-12(17-2)10(8-9)11(16)4-3-7-14-15-13/h5-6,8,11,16H,3-4,7H2,1-2H3. The zero-order valence-corrected chi connectivity index (χ0v) is 10.1. The van der Waals surface area contributed by atoms with Gasteiger partial charge in [-0.2, -0.15) is 0 Å². The monoisotopic (exact) mass is 235 g/mol. The lowest BCUT2D eigenvalue weighted by molar-refractivity contribution is 0.161. The Bertz CT molecular complexity index is 414. The highest BCUT2D eigenvalue weighted by Crippen LogP contribution is 2.28. The van der Waals surface area contributed by atoms with Crippen molar-refractivity contribution in [3.8, 4) is 5.75 Å². The molecule has 0 aliphatic rings. The lowest BCUT2D eigenvalue weighted by atomic mass is 10.0. The molecule has 17 heavy (non-hydrogen) atoms. The highest BCUT2D eigenvalue weighted by Gasteiger charge is 2.12. The van der Waals surface area contributed by atoms with Crippen LogP contribution in [0.15, 0.2) is 23.3 Å². The van der Waals surface area contributed by atoms with Crippen molar-refractivity contribution in [3.63, 3.8) is 0 Å². The summed E-state index contributed by atoms with van der Waals surface area (Å²) in [5, 5.41) is 13.5. The van der Waals surface area contributed by atoms with Gasteiger partial charge in [0.15, 0.2) is 0 Å². The van der Waals surface area contributed by atoms with Crippen molar-refractivity contribution in [2.24, 2.45) is 5.11 Å². The Labute approximate surface area is 101 Å². The Morgan fingerprint density at radius 3 is 2.94 bits per heavy atom.